The first-order valence-electron chi connectivity index (χ1n) is 12.6. The second-order valence-corrected chi connectivity index (χ2v) is 9.71. The molecule has 3 heterocycles. The summed E-state index contributed by atoms with van der Waals surface area (Å²) >= 11 is 0. The molecular formula is C26H39N3O4. The summed E-state index contributed by atoms with van der Waals surface area (Å²) in [7, 11) is 3.31. The summed E-state index contributed by atoms with van der Waals surface area (Å²) in [4.78, 5) is 33.0. The van der Waals surface area contributed by atoms with Crippen LogP contribution in [-0.2, 0) is 14.3 Å². The van der Waals surface area contributed by atoms with E-state index >= 15 is 0 Å². The molecule has 2 amide bonds. The highest BCUT2D eigenvalue weighted by molar-refractivity contribution is 6.01. The molecule has 3 fully saturated rings. The minimum atomic E-state index is -0.309. The largest absolute Gasteiger partial charge is 0.495 e. The zero-order chi connectivity index (χ0) is 23.2. The third-order valence-electron chi connectivity index (χ3n) is 7.62. The fourth-order valence-electron chi connectivity index (χ4n) is 5.98. The van der Waals surface area contributed by atoms with Gasteiger partial charge in [-0.25, -0.2) is 0 Å². The van der Waals surface area contributed by atoms with Crippen LogP contribution >= 0.6 is 0 Å². The number of rotatable bonds is 9. The van der Waals surface area contributed by atoms with Crippen molar-refractivity contribution in [2.75, 3.05) is 58.5 Å². The molecule has 0 unspecified atom stereocenters. The van der Waals surface area contributed by atoms with E-state index in [9.17, 15) is 9.59 Å². The summed E-state index contributed by atoms with van der Waals surface area (Å²) in [5.41, 5.74) is 0.747. The van der Waals surface area contributed by atoms with Gasteiger partial charge in [-0.05, 0) is 63.2 Å². The van der Waals surface area contributed by atoms with Crippen molar-refractivity contribution >= 4 is 17.5 Å². The molecule has 33 heavy (non-hydrogen) atoms. The van der Waals surface area contributed by atoms with Gasteiger partial charge in [0.1, 0.15) is 5.75 Å². The van der Waals surface area contributed by atoms with Crippen molar-refractivity contribution in [1.82, 2.24) is 9.80 Å². The maximum atomic E-state index is 13.7. The fraction of sp³-hybridized carbons (Fsp3) is 0.692. The third kappa shape index (κ3) is 5.52. The average molecular weight is 458 g/mol. The van der Waals surface area contributed by atoms with Crippen molar-refractivity contribution in [2.45, 2.75) is 51.0 Å². The molecule has 7 nitrogen and oxygen atoms in total. The van der Waals surface area contributed by atoms with Gasteiger partial charge in [0.05, 0.1) is 18.7 Å². The van der Waals surface area contributed by atoms with Gasteiger partial charge in [0.25, 0.3) is 0 Å². The fourth-order valence-corrected chi connectivity index (χ4v) is 5.98. The van der Waals surface area contributed by atoms with Gasteiger partial charge in [0.15, 0.2) is 0 Å². The van der Waals surface area contributed by atoms with E-state index in [-0.39, 0.29) is 24.2 Å². The summed E-state index contributed by atoms with van der Waals surface area (Å²) in [6, 6.07) is 8.13. The van der Waals surface area contributed by atoms with Gasteiger partial charge in [-0.2, -0.15) is 0 Å². The molecule has 0 saturated carbocycles. The molecule has 3 aliphatic heterocycles. The number of hydrogen-bond acceptors (Lipinski definition) is 5. The molecule has 0 aromatic heterocycles. The number of methoxy groups -OCH3 is 2. The van der Waals surface area contributed by atoms with Crippen LogP contribution in [0.3, 0.4) is 0 Å². The van der Waals surface area contributed by atoms with Gasteiger partial charge >= 0.3 is 0 Å². The third-order valence-corrected chi connectivity index (χ3v) is 7.62. The summed E-state index contributed by atoms with van der Waals surface area (Å²) < 4.78 is 10.7. The quantitative estimate of drug-likeness (QED) is 0.533. The van der Waals surface area contributed by atoms with Gasteiger partial charge in [0.2, 0.25) is 11.8 Å². The molecule has 0 radical (unpaired) electrons. The summed E-state index contributed by atoms with van der Waals surface area (Å²) in [6.45, 7) is 4.94. The first kappa shape index (κ1) is 24.0. The standard InChI is InChI=1S/C26H39N3O4/c1-32-16-8-15-28(18-20-9-7-14-27-13-6-5-10-22(20)27)26(31)21-17-25(30)29(19-21)23-11-3-4-12-24(23)33-2/h3-4,11-12,20-22H,5-10,13-19H2,1-2H3/t20-,21-,22+/m0/s1. The average Bonchev–Trinajstić information content (AvgIpc) is 3.24. The topological polar surface area (TPSA) is 62.3 Å². The molecule has 4 rings (SSSR count). The Morgan fingerprint density at radius 2 is 1.94 bits per heavy atom. The molecule has 182 valence electrons. The van der Waals surface area contributed by atoms with Crippen molar-refractivity contribution < 1.29 is 19.1 Å². The SMILES string of the molecule is COCCCN(C[C@@H]1CCCN2CCCC[C@H]12)C(=O)[C@H]1CC(=O)N(c2ccccc2OC)C1. The number of nitrogens with zero attached hydrogens (tertiary/aromatic N) is 3. The number of fused-ring (bicyclic) bond motifs is 1. The zero-order valence-corrected chi connectivity index (χ0v) is 20.2. The van der Waals surface area contributed by atoms with Gasteiger partial charge in [-0.15, -0.1) is 0 Å². The van der Waals surface area contributed by atoms with Crippen LogP contribution in [0, 0.1) is 11.8 Å². The zero-order valence-electron chi connectivity index (χ0n) is 20.2. The maximum absolute atomic E-state index is 13.7. The molecule has 0 N–H and O–H groups in total. The molecule has 0 aliphatic carbocycles. The molecule has 7 heteroatoms. The van der Waals surface area contributed by atoms with E-state index in [1.165, 1.54) is 45.2 Å². The van der Waals surface area contributed by atoms with Gasteiger partial charge in [-0.1, -0.05) is 18.6 Å². The molecule has 3 saturated heterocycles. The Hall–Kier alpha value is -2.12. The van der Waals surface area contributed by atoms with Gasteiger partial charge in [0, 0.05) is 45.8 Å². The Morgan fingerprint density at radius 3 is 2.76 bits per heavy atom. The first-order valence-corrected chi connectivity index (χ1v) is 12.6. The lowest BCUT2D eigenvalue weighted by atomic mass is 9.83. The van der Waals surface area contributed by atoms with E-state index in [1.807, 2.05) is 29.2 Å². The van der Waals surface area contributed by atoms with Crippen molar-refractivity contribution in [3.8, 4) is 5.75 Å². The summed E-state index contributed by atoms with van der Waals surface area (Å²) in [6.07, 6.45) is 7.31. The lowest BCUT2D eigenvalue weighted by Crippen LogP contribution is -2.52. The highest BCUT2D eigenvalue weighted by Gasteiger charge is 2.40. The van der Waals surface area contributed by atoms with E-state index in [4.69, 9.17) is 9.47 Å². The van der Waals surface area contributed by atoms with Crippen molar-refractivity contribution in [2.24, 2.45) is 11.8 Å². The van der Waals surface area contributed by atoms with Crippen LogP contribution < -0.4 is 9.64 Å². The molecule has 0 bridgehead atoms. The predicted molar refractivity (Wildman–Crippen MR) is 128 cm³/mol. The molecule has 3 atom stereocenters. The van der Waals surface area contributed by atoms with Crippen LogP contribution in [0.15, 0.2) is 24.3 Å². The minimum Gasteiger partial charge on any atom is -0.495 e. The summed E-state index contributed by atoms with van der Waals surface area (Å²) in [5.74, 6) is 0.982. The normalized spacial score (nSPS) is 25.7. The van der Waals surface area contributed by atoms with E-state index in [0.29, 0.717) is 37.4 Å². The number of hydrogen-bond donors (Lipinski definition) is 0. The number of ether oxygens (including phenoxy) is 2. The Kier molecular flexibility index (Phi) is 8.25. The van der Waals surface area contributed by atoms with Crippen LogP contribution in [0.25, 0.3) is 0 Å². The van der Waals surface area contributed by atoms with E-state index in [1.54, 1.807) is 19.1 Å². The number of carbonyl (C=O) groups is 2. The predicted octanol–water partition coefficient (Wildman–Crippen LogP) is 3.18. The number of para-hydroxylation sites is 2. The second-order valence-electron chi connectivity index (χ2n) is 9.71. The van der Waals surface area contributed by atoms with Gasteiger partial charge < -0.3 is 24.2 Å². The molecule has 1 aromatic rings. The lowest BCUT2D eigenvalue weighted by molar-refractivity contribution is -0.137. The number of benzene rings is 1. The van der Waals surface area contributed by atoms with Crippen molar-refractivity contribution in [3.05, 3.63) is 24.3 Å². The van der Waals surface area contributed by atoms with Gasteiger partial charge in [-0.3, -0.25) is 9.59 Å². The minimum absolute atomic E-state index is 0.00851. The Labute approximate surface area is 198 Å². The summed E-state index contributed by atoms with van der Waals surface area (Å²) in [5, 5.41) is 0. The monoisotopic (exact) mass is 457 g/mol. The Bertz CT molecular complexity index is 814. The number of carbonyl (C=O) groups excluding carboxylic acids is 2. The second kappa shape index (κ2) is 11.3. The van der Waals surface area contributed by atoms with Crippen LogP contribution in [0.5, 0.6) is 5.75 Å². The molecule has 1 aromatic carbocycles. The molecule has 0 spiro atoms. The molecule has 3 aliphatic rings. The lowest BCUT2D eigenvalue weighted by Gasteiger charge is -2.46. The van der Waals surface area contributed by atoms with Crippen molar-refractivity contribution in [1.29, 1.82) is 0 Å². The van der Waals surface area contributed by atoms with E-state index < -0.39 is 0 Å². The van der Waals surface area contributed by atoms with Crippen LogP contribution in [0.4, 0.5) is 5.69 Å². The smallest absolute Gasteiger partial charge is 0.228 e. The number of amides is 2. The number of piperidine rings is 2. The van der Waals surface area contributed by atoms with E-state index in [0.717, 1.165) is 18.7 Å². The van der Waals surface area contributed by atoms with Crippen molar-refractivity contribution in [3.63, 3.8) is 0 Å². The molecular weight excluding hydrogens is 418 g/mol. The highest BCUT2D eigenvalue weighted by Crippen LogP contribution is 2.35. The van der Waals surface area contributed by atoms with Crippen LogP contribution in [0.1, 0.15) is 44.9 Å². The maximum Gasteiger partial charge on any atom is 0.228 e. The number of anilines is 1. The Morgan fingerprint density at radius 1 is 1.12 bits per heavy atom. The highest BCUT2D eigenvalue weighted by atomic mass is 16.5. The Balaban J connectivity index is 1.46. The van der Waals surface area contributed by atoms with E-state index in [2.05, 4.69) is 4.90 Å². The van der Waals surface area contributed by atoms with Crippen LogP contribution in [0.2, 0.25) is 0 Å². The first-order chi connectivity index (χ1) is 16.1. The van der Waals surface area contributed by atoms with Crippen LogP contribution in [-0.4, -0.2) is 81.2 Å².